The fraction of sp³-hybridized carbons (Fsp3) is 0.400. The normalized spacial score (nSPS) is 10.5. The summed E-state index contributed by atoms with van der Waals surface area (Å²) in [5.74, 6) is -1.94. The van der Waals surface area contributed by atoms with Gasteiger partial charge in [0.15, 0.2) is 23.0 Å². The monoisotopic (exact) mass is 420 g/mol. The molecule has 0 aliphatic rings. The van der Waals surface area contributed by atoms with Crippen molar-refractivity contribution < 1.29 is 85.1 Å². The first-order chi connectivity index (χ1) is 11.1. The van der Waals surface area contributed by atoms with Gasteiger partial charge in [0.1, 0.15) is 12.1 Å². The molecular weight excluding hydrogens is 410 g/mol. The molecule has 0 bridgehead atoms. The average Bonchev–Trinajstić information content (AvgIpc) is 2.45. The Morgan fingerprint density at radius 2 is 1.12 bits per heavy atom. The van der Waals surface area contributed by atoms with Gasteiger partial charge in [-0.2, -0.15) is 10.5 Å². The Morgan fingerprint density at radius 1 is 0.808 bits per heavy atom. The standard InChI is InChI=1S/C10H12N6O6S2.2Na/c11-5-7-9(13-1-3-23(17,18)19)15-8(6-12)10(16-7)14-2-4-24(20,21)22;;/h1-4H2,(H,13,15)(H,14,16)(H,17,18,19)(H,20,21,22);;/q;2*+1/p-2. The van der Waals surface area contributed by atoms with E-state index in [1.165, 1.54) is 0 Å². The van der Waals surface area contributed by atoms with Crippen molar-refractivity contribution in [2.24, 2.45) is 0 Å². The Kier molecular flexibility index (Phi) is 12.8. The molecule has 0 spiro atoms. The van der Waals surface area contributed by atoms with E-state index in [9.17, 15) is 25.9 Å². The number of aromatic nitrogens is 2. The number of nitriles is 2. The minimum Gasteiger partial charge on any atom is -0.748 e. The van der Waals surface area contributed by atoms with Crippen LogP contribution in [0.25, 0.3) is 0 Å². The Hall–Kier alpha value is -0.520. The molecule has 0 atom stereocenters. The van der Waals surface area contributed by atoms with Crippen molar-refractivity contribution in [1.82, 2.24) is 9.97 Å². The molecule has 1 aromatic heterocycles. The van der Waals surface area contributed by atoms with E-state index in [-0.39, 0.29) is 95.2 Å². The smallest absolute Gasteiger partial charge is 0.748 e. The van der Waals surface area contributed by atoms with Gasteiger partial charge in [-0.25, -0.2) is 26.8 Å². The molecule has 0 aliphatic carbocycles. The molecule has 0 aromatic carbocycles. The minimum absolute atomic E-state index is 0. The summed E-state index contributed by atoms with van der Waals surface area (Å²) >= 11 is 0. The van der Waals surface area contributed by atoms with Gasteiger partial charge in [-0.3, -0.25) is 0 Å². The molecule has 0 fully saturated rings. The van der Waals surface area contributed by atoms with Crippen LogP contribution in [0.4, 0.5) is 11.6 Å². The van der Waals surface area contributed by atoms with E-state index in [4.69, 9.17) is 10.5 Å². The summed E-state index contributed by atoms with van der Waals surface area (Å²) in [6.07, 6.45) is 0. The zero-order valence-corrected chi connectivity index (χ0v) is 19.5. The van der Waals surface area contributed by atoms with Crippen LogP contribution in [0.2, 0.25) is 0 Å². The molecule has 0 unspecified atom stereocenters. The van der Waals surface area contributed by atoms with Crippen LogP contribution in [0.15, 0.2) is 0 Å². The Bertz CT molecular complexity index is 833. The molecular formula is C10H10N6Na2O6S2. The Morgan fingerprint density at radius 3 is 1.35 bits per heavy atom. The molecule has 1 rings (SSSR count). The van der Waals surface area contributed by atoms with Gasteiger partial charge in [0.05, 0.1) is 31.7 Å². The predicted molar refractivity (Wildman–Crippen MR) is 77.6 cm³/mol. The summed E-state index contributed by atoms with van der Waals surface area (Å²) in [7, 11) is -8.94. The average molecular weight is 420 g/mol. The number of hydrogen-bond donors (Lipinski definition) is 2. The zero-order chi connectivity index (χ0) is 18.4. The number of rotatable bonds is 8. The Balaban J connectivity index is 0. The van der Waals surface area contributed by atoms with Crippen LogP contribution in [0.1, 0.15) is 11.4 Å². The largest absolute Gasteiger partial charge is 1.00 e. The summed E-state index contributed by atoms with van der Waals surface area (Å²) in [6.45, 7) is -0.692. The summed E-state index contributed by atoms with van der Waals surface area (Å²) in [4.78, 5) is 7.50. The first-order valence-electron chi connectivity index (χ1n) is 6.13. The van der Waals surface area contributed by atoms with Gasteiger partial charge in [0, 0.05) is 13.1 Å². The molecule has 130 valence electrons. The summed E-state index contributed by atoms with van der Waals surface area (Å²) in [5.41, 5.74) is -0.630. The van der Waals surface area contributed by atoms with Crippen LogP contribution in [0.3, 0.4) is 0 Å². The van der Waals surface area contributed by atoms with Crippen LogP contribution in [0.5, 0.6) is 0 Å². The Labute approximate surface area is 194 Å². The summed E-state index contributed by atoms with van der Waals surface area (Å²) in [5, 5.41) is 22.8. The molecule has 2 N–H and O–H groups in total. The fourth-order valence-electron chi connectivity index (χ4n) is 1.43. The van der Waals surface area contributed by atoms with Crippen LogP contribution in [-0.4, -0.2) is 60.5 Å². The molecule has 0 radical (unpaired) electrons. The van der Waals surface area contributed by atoms with E-state index >= 15 is 0 Å². The second-order valence-electron chi connectivity index (χ2n) is 4.22. The van der Waals surface area contributed by atoms with Gasteiger partial charge in [0.2, 0.25) is 0 Å². The number of hydrogen-bond acceptors (Lipinski definition) is 12. The fourth-order valence-corrected chi connectivity index (χ4v) is 2.13. The molecule has 0 amide bonds. The third-order valence-corrected chi connectivity index (χ3v) is 3.80. The third-order valence-electron chi connectivity index (χ3n) is 2.40. The molecule has 16 heteroatoms. The molecule has 12 nitrogen and oxygen atoms in total. The van der Waals surface area contributed by atoms with E-state index in [1.54, 1.807) is 12.1 Å². The van der Waals surface area contributed by atoms with Crippen molar-refractivity contribution in [3.05, 3.63) is 11.4 Å². The van der Waals surface area contributed by atoms with Gasteiger partial charge >= 0.3 is 59.1 Å². The maximum Gasteiger partial charge on any atom is 1.00 e. The van der Waals surface area contributed by atoms with Gasteiger partial charge in [-0.1, -0.05) is 0 Å². The minimum atomic E-state index is -4.47. The van der Waals surface area contributed by atoms with Crippen LogP contribution in [0, 0.1) is 22.7 Å². The van der Waals surface area contributed by atoms with E-state index in [0.717, 1.165) is 0 Å². The molecule has 26 heavy (non-hydrogen) atoms. The maximum atomic E-state index is 10.5. The second-order valence-corrected chi connectivity index (χ2v) is 7.27. The molecule has 0 aliphatic heterocycles. The van der Waals surface area contributed by atoms with E-state index in [0.29, 0.717) is 0 Å². The molecule has 1 aromatic rings. The summed E-state index contributed by atoms with van der Waals surface area (Å²) in [6, 6.07) is 3.30. The number of nitrogens with zero attached hydrogens (tertiary/aromatic N) is 4. The quantitative estimate of drug-likeness (QED) is 0.296. The molecule has 1 heterocycles. The van der Waals surface area contributed by atoms with Gasteiger partial charge in [-0.05, 0) is 0 Å². The third kappa shape index (κ3) is 10.6. The molecule has 0 saturated heterocycles. The van der Waals surface area contributed by atoms with Crippen molar-refractivity contribution in [1.29, 1.82) is 10.5 Å². The zero-order valence-electron chi connectivity index (χ0n) is 13.9. The van der Waals surface area contributed by atoms with Crippen LogP contribution in [-0.2, 0) is 20.2 Å². The van der Waals surface area contributed by atoms with Gasteiger partial charge < -0.3 is 19.7 Å². The van der Waals surface area contributed by atoms with Crippen molar-refractivity contribution in [2.45, 2.75) is 0 Å². The first-order valence-corrected chi connectivity index (χ1v) is 9.28. The van der Waals surface area contributed by atoms with Crippen molar-refractivity contribution in [3.8, 4) is 12.1 Å². The number of anilines is 2. The summed E-state index contributed by atoms with van der Waals surface area (Å²) < 4.78 is 63.1. The molecule has 0 saturated carbocycles. The first kappa shape index (κ1) is 27.7. The maximum absolute atomic E-state index is 10.5. The van der Waals surface area contributed by atoms with E-state index < -0.39 is 31.7 Å². The topological polar surface area (TPSA) is 212 Å². The SMILES string of the molecule is N#Cc1nc(NCCS(=O)(=O)[O-])c(C#N)nc1NCCS(=O)(=O)[O-].[Na+].[Na+]. The van der Waals surface area contributed by atoms with Crippen molar-refractivity contribution >= 4 is 31.9 Å². The van der Waals surface area contributed by atoms with Crippen molar-refractivity contribution in [2.75, 3.05) is 35.2 Å². The van der Waals surface area contributed by atoms with Gasteiger partial charge in [-0.15, -0.1) is 0 Å². The van der Waals surface area contributed by atoms with Crippen molar-refractivity contribution in [3.63, 3.8) is 0 Å². The number of nitrogens with one attached hydrogen (secondary N) is 2. The second kappa shape index (κ2) is 12.0. The van der Waals surface area contributed by atoms with Gasteiger partial charge in [0.25, 0.3) is 0 Å². The van der Waals surface area contributed by atoms with E-state index in [2.05, 4.69) is 20.6 Å². The van der Waals surface area contributed by atoms with Crippen LogP contribution < -0.4 is 69.7 Å². The van der Waals surface area contributed by atoms with Crippen LogP contribution >= 0.6 is 0 Å². The predicted octanol–water partition coefficient (Wildman–Crippen LogP) is -7.86. The van der Waals surface area contributed by atoms with E-state index in [1.807, 2.05) is 0 Å².